The molecule has 0 spiro atoms. The molecule has 1 aliphatic carbocycles. The number of carbonyl (C=O) groups excluding carboxylic acids is 1. The highest BCUT2D eigenvalue weighted by atomic mass is 16.5. The van der Waals surface area contributed by atoms with Crippen LogP contribution in [0.3, 0.4) is 0 Å². The molecule has 0 amide bonds. The minimum Gasteiger partial charge on any atom is -0.462 e. The number of carbonyl (C=O) groups is 1. The number of rotatable bonds is 3. The number of esters is 1. The third-order valence-corrected chi connectivity index (χ3v) is 3.01. The van der Waals surface area contributed by atoms with E-state index in [1.807, 2.05) is 6.92 Å². The van der Waals surface area contributed by atoms with Gasteiger partial charge < -0.3 is 4.74 Å². The second-order valence-electron chi connectivity index (χ2n) is 4.47. The van der Waals surface area contributed by atoms with Crippen molar-refractivity contribution in [1.29, 1.82) is 0 Å². The molecule has 86 valence electrons. The Hall–Kier alpha value is -1.45. The van der Waals surface area contributed by atoms with Gasteiger partial charge in [-0.2, -0.15) is 0 Å². The van der Waals surface area contributed by atoms with Gasteiger partial charge in [0.2, 0.25) is 0 Å². The molecule has 2 rings (SSSR count). The first-order valence-corrected chi connectivity index (χ1v) is 5.58. The van der Waals surface area contributed by atoms with Crippen molar-refractivity contribution in [2.24, 2.45) is 0 Å². The molecule has 0 unspecified atom stereocenters. The summed E-state index contributed by atoms with van der Waals surface area (Å²) in [5, 5.41) is 0. The topological polar surface area (TPSA) is 52.1 Å². The van der Waals surface area contributed by atoms with E-state index in [9.17, 15) is 4.79 Å². The molecule has 0 bridgehead atoms. The molecule has 16 heavy (non-hydrogen) atoms. The van der Waals surface area contributed by atoms with Crippen LogP contribution in [0.1, 0.15) is 48.6 Å². The lowest BCUT2D eigenvalue weighted by Gasteiger charge is -2.09. The first kappa shape index (κ1) is 11.0. The number of nitrogens with zero attached hydrogens (tertiary/aromatic N) is 2. The zero-order chi connectivity index (χ0) is 11.8. The lowest BCUT2D eigenvalue weighted by Crippen LogP contribution is -2.13. The molecular weight excluding hydrogens is 204 g/mol. The Morgan fingerprint density at radius 2 is 2.25 bits per heavy atom. The predicted molar refractivity (Wildman–Crippen MR) is 59.3 cm³/mol. The van der Waals surface area contributed by atoms with Gasteiger partial charge in [0, 0.05) is 11.6 Å². The summed E-state index contributed by atoms with van der Waals surface area (Å²) in [6.07, 6.45) is 3.84. The fraction of sp³-hybridized carbons (Fsp3) is 0.583. The highest BCUT2D eigenvalue weighted by Gasteiger charge is 2.42. The molecule has 4 nitrogen and oxygen atoms in total. The van der Waals surface area contributed by atoms with Crippen LogP contribution in [0.25, 0.3) is 0 Å². The van der Waals surface area contributed by atoms with Crippen LogP contribution in [0.4, 0.5) is 0 Å². The van der Waals surface area contributed by atoms with E-state index in [2.05, 4.69) is 16.9 Å². The number of hydrogen-bond donors (Lipinski definition) is 0. The van der Waals surface area contributed by atoms with E-state index in [1.54, 1.807) is 13.1 Å². The molecule has 1 heterocycles. The van der Waals surface area contributed by atoms with Crippen molar-refractivity contribution in [3.63, 3.8) is 0 Å². The number of aryl methyl sites for hydroxylation is 1. The van der Waals surface area contributed by atoms with Gasteiger partial charge in [0.1, 0.15) is 5.82 Å². The first-order chi connectivity index (χ1) is 7.57. The van der Waals surface area contributed by atoms with E-state index in [1.165, 1.54) is 0 Å². The Kier molecular flexibility index (Phi) is 2.66. The highest BCUT2D eigenvalue weighted by Crippen LogP contribution is 2.45. The molecule has 1 fully saturated rings. The van der Waals surface area contributed by atoms with Crippen molar-refractivity contribution in [2.75, 3.05) is 6.61 Å². The van der Waals surface area contributed by atoms with Crippen molar-refractivity contribution in [3.05, 3.63) is 23.3 Å². The first-order valence-electron chi connectivity index (χ1n) is 5.58. The number of ether oxygens (including phenoxy) is 1. The van der Waals surface area contributed by atoms with E-state index in [0.717, 1.165) is 18.7 Å². The summed E-state index contributed by atoms with van der Waals surface area (Å²) in [7, 11) is 0. The molecule has 0 N–H and O–H groups in total. The van der Waals surface area contributed by atoms with Crippen molar-refractivity contribution in [2.45, 2.75) is 39.0 Å². The SMILES string of the molecule is CCOC(=O)c1cnc(C2(C)CC2)nc1C. The van der Waals surface area contributed by atoms with Crippen LogP contribution in [0.2, 0.25) is 0 Å². The molecule has 0 aliphatic heterocycles. The average molecular weight is 220 g/mol. The van der Waals surface area contributed by atoms with Gasteiger partial charge in [0.25, 0.3) is 0 Å². The van der Waals surface area contributed by atoms with Gasteiger partial charge in [0.05, 0.1) is 17.9 Å². The standard InChI is InChI=1S/C12H16N2O2/c1-4-16-10(15)9-7-13-11(14-8(9)2)12(3)5-6-12/h7H,4-6H2,1-3H3. The van der Waals surface area contributed by atoms with Crippen LogP contribution in [0, 0.1) is 6.92 Å². The maximum atomic E-state index is 11.5. The largest absolute Gasteiger partial charge is 0.462 e. The van der Waals surface area contributed by atoms with E-state index in [-0.39, 0.29) is 11.4 Å². The second kappa shape index (κ2) is 3.85. The molecule has 0 aromatic carbocycles. The van der Waals surface area contributed by atoms with Crippen molar-refractivity contribution in [1.82, 2.24) is 9.97 Å². The lowest BCUT2D eigenvalue weighted by atomic mass is 10.1. The van der Waals surface area contributed by atoms with Crippen LogP contribution in [-0.4, -0.2) is 22.5 Å². The molecular formula is C12H16N2O2. The summed E-state index contributed by atoms with van der Waals surface area (Å²) in [6.45, 7) is 6.13. The monoisotopic (exact) mass is 220 g/mol. The molecule has 1 aromatic heterocycles. The molecule has 0 radical (unpaired) electrons. The van der Waals surface area contributed by atoms with Crippen LogP contribution < -0.4 is 0 Å². The summed E-state index contributed by atoms with van der Waals surface area (Å²) in [6, 6.07) is 0. The molecule has 1 aromatic rings. The third kappa shape index (κ3) is 1.92. The minimum atomic E-state index is -0.340. The van der Waals surface area contributed by atoms with E-state index < -0.39 is 0 Å². The molecule has 1 aliphatic rings. The van der Waals surface area contributed by atoms with Gasteiger partial charge in [-0.25, -0.2) is 14.8 Å². The normalized spacial score (nSPS) is 16.9. The van der Waals surface area contributed by atoms with E-state index >= 15 is 0 Å². The molecule has 0 saturated heterocycles. The van der Waals surface area contributed by atoms with Gasteiger partial charge in [-0.1, -0.05) is 6.92 Å². The molecule has 1 saturated carbocycles. The summed E-state index contributed by atoms with van der Waals surface area (Å²) in [5.74, 6) is 0.505. The van der Waals surface area contributed by atoms with Crippen LogP contribution >= 0.6 is 0 Å². The zero-order valence-electron chi connectivity index (χ0n) is 9.91. The minimum absolute atomic E-state index is 0.137. The Balaban J connectivity index is 2.26. The van der Waals surface area contributed by atoms with E-state index in [4.69, 9.17) is 4.74 Å². The zero-order valence-corrected chi connectivity index (χ0v) is 9.91. The quantitative estimate of drug-likeness (QED) is 0.731. The predicted octanol–water partition coefficient (Wildman–Crippen LogP) is 2.01. The summed E-state index contributed by atoms with van der Waals surface area (Å²) in [5.41, 5.74) is 1.31. The maximum Gasteiger partial charge on any atom is 0.341 e. The summed E-state index contributed by atoms with van der Waals surface area (Å²) in [4.78, 5) is 20.2. The lowest BCUT2D eigenvalue weighted by molar-refractivity contribution is 0.0524. The second-order valence-corrected chi connectivity index (χ2v) is 4.47. The fourth-order valence-corrected chi connectivity index (χ4v) is 1.58. The third-order valence-electron chi connectivity index (χ3n) is 3.01. The van der Waals surface area contributed by atoms with Gasteiger partial charge in [0.15, 0.2) is 0 Å². The summed E-state index contributed by atoms with van der Waals surface area (Å²) < 4.78 is 4.93. The Labute approximate surface area is 95.1 Å². The Morgan fingerprint density at radius 3 is 2.75 bits per heavy atom. The molecule has 4 heteroatoms. The van der Waals surface area contributed by atoms with Crippen molar-refractivity contribution in [3.8, 4) is 0 Å². The van der Waals surface area contributed by atoms with Crippen LogP contribution in [-0.2, 0) is 10.2 Å². The van der Waals surface area contributed by atoms with Crippen molar-refractivity contribution < 1.29 is 9.53 Å². The van der Waals surface area contributed by atoms with Crippen LogP contribution in [0.5, 0.6) is 0 Å². The maximum absolute atomic E-state index is 11.5. The van der Waals surface area contributed by atoms with Gasteiger partial charge in [-0.15, -0.1) is 0 Å². The smallest absolute Gasteiger partial charge is 0.341 e. The van der Waals surface area contributed by atoms with Crippen LogP contribution in [0.15, 0.2) is 6.20 Å². The average Bonchev–Trinajstić information content (AvgIpc) is 2.98. The fourth-order valence-electron chi connectivity index (χ4n) is 1.58. The van der Waals surface area contributed by atoms with Gasteiger partial charge in [-0.05, 0) is 26.7 Å². The number of aromatic nitrogens is 2. The van der Waals surface area contributed by atoms with Gasteiger partial charge >= 0.3 is 5.97 Å². The Morgan fingerprint density at radius 1 is 1.56 bits per heavy atom. The number of hydrogen-bond acceptors (Lipinski definition) is 4. The summed E-state index contributed by atoms with van der Waals surface area (Å²) >= 11 is 0. The highest BCUT2D eigenvalue weighted by molar-refractivity contribution is 5.90. The Bertz CT molecular complexity index is 425. The van der Waals surface area contributed by atoms with Crippen molar-refractivity contribution >= 4 is 5.97 Å². The van der Waals surface area contributed by atoms with Gasteiger partial charge in [-0.3, -0.25) is 0 Å². The van der Waals surface area contributed by atoms with E-state index in [0.29, 0.717) is 17.9 Å². The molecule has 0 atom stereocenters.